The molecular weight excluding hydrogens is 266 g/mol. The summed E-state index contributed by atoms with van der Waals surface area (Å²) in [6.45, 7) is 4.73. The minimum absolute atomic E-state index is 0.255. The van der Waals surface area contributed by atoms with Gasteiger partial charge in [-0.25, -0.2) is 4.79 Å². The zero-order valence-electron chi connectivity index (χ0n) is 11.5. The fraction of sp³-hybridized carbons (Fsp3) is 0.429. The number of carboxylic acids is 1. The third kappa shape index (κ3) is 3.26. The van der Waals surface area contributed by atoms with E-state index in [4.69, 9.17) is 16.7 Å². The number of halogens is 1. The first-order chi connectivity index (χ1) is 8.67. The van der Waals surface area contributed by atoms with Gasteiger partial charge in [0.1, 0.15) is 5.54 Å². The lowest BCUT2D eigenvalue weighted by Gasteiger charge is -2.33. The zero-order chi connectivity index (χ0) is 14.8. The third-order valence-corrected chi connectivity index (χ3v) is 3.65. The van der Waals surface area contributed by atoms with Crippen molar-refractivity contribution < 1.29 is 14.7 Å². The lowest BCUT2D eigenvalue weighted by molar-refractivity contribution is -0.155. The molecule has 0 bridgehead atoms. The molecule has 0 heterocycles. The van der Waals surface area contributed by atoms with Crippen LogP contribution in [0.25, 0.3) is 0 Å². The third-order valence-electron chi connectivity index (χ3n) is 3.41. The van der Waals surface area contributed by atoms with Crippen LogP contribution in [0.4, 0.5) is 0 Å². The van der Waals surface area contributed by atoms with Gasteiger partial charge in [-0.3, -0.25) is 4.79 Å². The van der Waals surface area contributed by atoms with Crippen LogP contribution in [0.2, 0.25) is 5.02 Å². The average Bonchev–Trinajstić information content (AvgIpc) is 2.35. The second-order valence-corrected chi connectivity index (χ2v) is 5.47. The van der Waals surface area contributed by atoms with E-state index in [1.165, 1.54) is 25.8 Å². The van der Waals surface area contributed by atoms with Crippen molar-refractivity contribution in [3.05, 3.63) is 34.9 Å². The van der Waals surface area contributed by atoms with Crippen molar-refractivity contribution in [3.63, 3.8) is 0 Å². The van der Waals surface area contributed by atoms with Crippen LogP contribution in [0.5, 0.6) is 0 Å². The summed E-state index contributed by atoms with van der Waals surface area (Å²) in [7, 11) is 1.50. The normalized spacial score (nSPS) is 12.9. The van der Waals surface area contributed by atoms with E-state index in [0.29, 0.717) is 5.02 Å². The first-order valence-corrected chi connectivity index (χ1v) is 6.32. The molecule has 1 aromatic carbocycles. The van der Waals surface area contributed by atoms with Crippen LogP contribution in [0.3, 0.4) is 0 Å². The first-order valence-electron chi connectivity index (χ1n) is 5.94. The minimum atomic E-state index is -1.25. The van der Waals surface area contributed by atoms with E-state index in [2.05, 4.69) is 0 Å². The summed E-state index contributed by atoms with van der Waals surface area (Å²) in [6.07, 6.45) is 0. The number of likely N-dealkylation sites (N-methyl/N-ethyl adjacent to an activating group) is 1. The molecule has 1 N–H and O–H groups in total. The van der Waals surface area contributed by atoms with Gasteiger partial charge < -0.3 is 10.0 Å². The number of amides is 1. The predicted molar refractivity (Wildman–Crippen MR) is 74.4 cm³/mol. The van der Waals surface area contributed by atoms with Gasteiger partial charge in [0.05, 0.1) is 5.92 Å². The number of carboxylic acid groups (broad SMARTS) is 1. The number of carbonyl (C=O) groups excluding carboxylic acids is 1. The molecule has 0 aliphatic carbocycles. The molecule has 0 fully saturated rings. The maximum absolute atomic E-state index is 12.3. The van der Waals surface area contributed by atoms with Crippen molar-refractivity contribution >= 4 is 23.5 Å². The Bertz CT molecular complexity index is 499. The Balaban J connectivity index is 2.98. The van der Waals surface area contributed by atoms with Gasteiger partial charge >= 0.3 is 5.97 Å². The molecule has 0 spiro atoms. The molecule has 1 atom stereocenters. The molecule has 0 aromatic heterocycles. The van der Waals surface area contributed by atoms with E-state index in [9.17, 15) is 9.59 Å². The Kier molecular flexibility index (Phi) is 4.58. The highest BCUT2D eigenvalue weighted by Crippen LogP contribution is 2.24. The van der Waals surface area contributed by atoms with E-state index in [1.807, 2.05) is 0 Å². The number of carbonyl (C=O) groups is 2. The Hall–Kier alpha value is -1.55. The smallest absolute Gasteiger partial charge is 0.329 e. The lowest BCUT2D eigenvalue weighted by Crippen LogP contribution is -2.51. The van der Waals surface area contributed by atoms with Crippen molar-refractivity contribution in [2.24, 2.45) is 0 Å². The van der Waals surface area contributed by atoms with Crippen molar-refractivity contribution in [2.75, 3.05) is 7.05 Å². The molecule has 0 saturated carbocycles. The number of nitrogens with zero attached hydrogens (tertiary/aromatic N) is 1. The van der Waals surface area contributed by atoms with Gasteiger partial charge in [0, 0.05) is 12.1 Å². The van der Waals surface area contributed by atoms with E-state index in [0.717, 1.165) is 5.56 Å². The predicted octanol–water partition coefficient (Wildman–Crippen LogP) is 2.77. The topological polar surface area (TPSA) is 57.6 Å². The van der Waals surface area contributed by atoms with Gasteiger partial charge in [-0.05, 0) is 38.5 Å². The summed E-state index contributed by atoms with van der Waals surface area (Å²) in [5.74, 6) is -1.74. The van der Waals surface area contributed by atoms with Gasteiger partial charge in [0.25, 0.3) is 0 Å². The van der Waals surface area contributed by atoms with Crippen LogP contribution in [0, 0.1) is 0 Å². The van der Waals surface area contributed by atoms with Gasteiger partial charge in [-0.1, -0.05) is 23.7 Å². The molecule has 0 saturated heterocycles. The fourth-order valence-corrected chi connectivity index (χ4v) is 1.83. The summed E-state index contributed by atoms with van der Waals surface area (Å²) in [6, 6.07) is 7.01. The quantitative estimate of drug-likeness (QED) is 0.924. The van der Waals surface area contributed by atoms with Gasteiger partial charge in [-0.15, -0.1) is 0 Å². The van der Waals surface area contributed by atoms with Crippen LogP contribution in [0.15, 0.2) is 24.3 Å². The van der Waals surface area contributed by atoms with E-state index < -0.39 is 17.4 Å². The number of hydrogen-bond acceptors (Lipinski definition) is 2. The molecule has 4 nitrogen and oxygen atoms in total. The van der Waals surface area contributed by atoms with Crippen molar-refractivity contribution in [2.45, 2.75) is 32.2 Å². The summed E-state index contributed by atoms with van der Waals surface area (Å²) >= 11 is 5.89. The molecule has 1 rings (SSSR count). The summed E-state index contributed by atoms with van der Waals surface area (Å²) in [5.41, 5.74) is -0.477. The standard InChI is InChI=1S/C14H18ClNO3/c1-9(10-6-5-7-11(15)8-10)12(17)16(4)14(2,3)13(18)19/h5-9H,1-4H3,(H,18,19). The van der Waals surface area contributed by atoms with Crippen LogP contribution >= 0.6 is 11.6 Å². The Morgan fingerprint density at radius 2 is 1.95 bits per heavy atom. The molecule has 19 heavy (non-hydrogen) atoms. The van der Waals surface area contributed by atoms with Crippen molar-refractivity contribution in [1.82, 2.24) is 4.90 Å². The maximum atomic E-state index is 12.3. The average molecular weight is 284 g/mol. The second-order valence-electron chi connectivity index (χ2n) is 5.04. The number of rotatable bonds is 4. The number of aliphatic carboxylic acids is 1. The molecule has 104 valence electrons. The summed E-state index contributed by atoms with van der Waals surface area (Å²) in [5, 5.41) is 9.70. The highest BCUT2D eigenvalue weighted by atomic mass is 35.5. The fourth-order valence-electron chi connectivity index (χ4n) is 1.63. The highest BCUT2D eigenvalue weighted by Gasteiger charge is 2.37. The Labute approximate surface area is 118 Å². The zero-order valence-corrected chi connectivity index (χ0v) is 12.2. The SMILES string of the molecule is CC(C(=O)N(C)C(C)(C)C(=O)O)c1cccc(Cl)c1. The van der Waals surface area contributed by atoms with Crippen molar-refractivity contribution in [3.8, 4) is 0 Å². The molecular formula is C14H18ClNO3. The molecule has 0 aliphatic heterocycles. The van der Waals surface area contributed by atoms with Gasteiger partial charge in [0.15, 0.2) is 0 Å². The molecule has 5 heteroatoms. The number of benzene rings is 1. The monoisotopic (exact) mass is 283 g/mol. The van der Waals surface area contributed by atoms with Gasteiger partial charge in [-0.2, -0.15) is 0 Å². The summed E-state index contributed by atoms with van der Waals surface area (Å²) in [4.78, 5) is 24.7. The molecule has 1 aromatic rings. The Morgan fingerprint density at radius 3 is 2.42 bits per heavy atom. The second kappa shape index (κ2) is 5.61. The van der Waals surface area contributed by atoms with Crippen LogP contribution in [-0.4, -0.2) is 34.5 Å². The number of hydrogen-bond donors (Lipinski definition) is 1. The Morgan fingerprint density at radius 1 is 1.37 bits per heavy atom. The molecule has 1 unspecified atom stereocenters. The highest BCUT2D eigenvalue weighted by molar-refractivity contribution is 6.30. The first kappa shape index (κ1) is 15.5. The van der Waals surface area contributed by atoms with Crippen LogP contribution < -0.4 is 0 Å². The summed E-state index contributed by atoms with van der Waals surface area (Å²) < 4.78 is 0. The minimum Gasteiger partial charge on any atom is -0.480 e. The maximum Gasteiger partial charge on any atom is 0.329 e. The van der Waals surface area contributed by atoms with Gasteiger partial charge in [0.2, 0.25) is 5.91 Å². The van der Waals surface area contributed by atoms with E-state index in [1.54, 1.807) is 31.2 Å². The molecule has 0 radical (unpaired) electrons. The van der Waals surface area contributed by atoms with Crippen LogP contribution in [0.1, 0.15) is 32.3 Å². The van der Waals surface area contributed by atoms with Crippen molar-refractivity contribution in [1.29, 1.82) is 0 Å². The molecule has 0 aliphatic rings. The van der Waals surface area contributed by atoms with E-state index >= 15 is 0 Å². The van der Waals surface area contributed by atoms with Crippen LogP contribution in [-0.2, 0) is 9.59 Å². The van der Waals surface area contributed by atoms with E-state index in [-0.39, 0.29) is 5.91 Å². The molecule has 1 amide bonds. The largest absolute Gasteiger partial charge is 0.480 e. The lowest BCUT2D eigenvalue weighted by atomic mass is 9.96.